The minimum atomic E-state index is -0.0855. The second-order valence-corrected chi connectivity index (χ2v) is 3.87. The number of ether oxygens (including phenoxy) is 1. The molecule has 0 atom stereocenters. The number of fused-ring (bicyclic) bond motifs is 1. The molecule has 1 aromatic carbocycles. The van der Waals surface area contributed by atoms with Crippen molar-refractivity contribution in [1.82, 2.24) is 0 Å². The van der Waals surface area contributed by atoms with Crippen LogP contribution in [0.25, 0.3) is 0 Å². The van der Waals surface area contributed by atoms with E-state index >= 15 is 0 Å². The van der Waals surface area contributed by atoms with Crippen LogP contribution in [0.2, 0.25) is 0 Å². The van der Waals surface area contributed by atoms with Crippen LogP contribution < -0.4 is 10.5 Å². The molecule has 0 bridgehead atoms. The lowest BCUT2D eigenvalue weighted by Gasteiger charge is -2.17. The van der Waals surface area contributed by atoms with Crippen molar-refractivity contribution in [1.29, 1.82) is 0 Å². The van der Waals surface area contributed by atoms with Crippen molar-refractivity contribution in [2.45, 2.75) is 25.9 Å². The summed E-state index contributed by atoms with van der Waals surface area (Å²) in [4.78, 5) is 0. The summed E-state index contributed by atoms with van der Waals surface area (Å²) in [6.07, 6.45) is 0.952. The van der Waals surface area contributed by atoms with Gasteiger partial charge in [-0.2, -0.15) is 0 Å². The first-order valence-corrected chi connectivity index (χ1v) is 4.15. The van der Waals surface area contributed by atoms with E-state index in [1.807, 2.05) is 12.1 Å². The lowest BCUT2D eigenvalue weighted by molar-refractivity contribution is 0.139. The van der Waals surface area contributed by atoms with Gasteiger partial charge in [-0.3, -0.25) is 0 Å². The zero-order valence-corrected chi connectivity index (χ0v) is 7.42. The maximum Gasteiger partial charge on any atom is 0.146 e. The van der Waals surface area contributed by atoms with E-state index in [0.717, 1.165) is 17.9 Å². The summed E-state index contributed by atoms with van der Waals surface area (Å²) in [5.41, 5.74) is 7.65. The number of nitrogen functional groups attached to an aromatic ring is 1. The molecule has 0 spiro atoms. The minimum Gasteiger partial charge on any atom is -0.485 e. The van der Waals surface area contributed by atoms with Crippen molar-refractivity contribution >= 4 is 5.69 Å². The Kier molecular flexibility index (Phi) is 1.34. The topological polar surface area (TPSA) is 35.2 Å². The highest BCUT2D eigenvalue weighted by Gasteiger charge is 2.30. The third-order valence-electron chi connectivity index (χ3n) is 2.12. The van der Waals surface area contributed by atoms with Crippen molar-refractivity contribution in [3.8, 4) is 5.75 Å². The van der Waals surface area contributed by atoms with Crippen molar-refractivity contribution in [3.05, 3.63) is 23.8 Å². The predicted molar refractivity (Wildman–Crippen MR) is 49.3 cm³/mol. The molecule has 0 unspecified atom stereocenters. The normalized spacial score (nSPS) is 18.5. The summed E-state index contributed by atoms with van der Waals surface area (Å²) in [5.74, 6) is 0.877. The summed E-state index contributed by atoms with van der Waals surface area (Å²) in [5, 5.41) is 0. The molecule has 12 heavy (non-hydrogen) atoms. The van der Waals surface area contributed by atoms with Gasteiger partial charge in [-0.15, -0.1) is 0 Å². The highest BCUT2D eigenvalue weighted by molar-refractivity contribution is 5.59. The van der Waals surface area contributed by atoms with E-state index in [9.17, 15) is 0 Å². The van der Waals surface area contributed by atoms with Gasteiger partial charge in [-0.05, 0) is 19.9 Å². The van der Waals surface area contributed by atoms with E-state index in [4.69, 9.17) is 10.5 Å². The molecule has 1 aliphatic heterocycles. The highest BCUT2D eigenvalue weighted by Crippen LogP contribution is 2.38. The van der Waals surface area contributed by atoms with Gasteiger partial charge in [-0.25, -0.2) is 0 Å². The molecule has 0 saturated carbocycles. The monoisotopic (exact) mass is 163 g/mol. The second kappa shape index (κ2) is 2.16. The molecule has 2 nitrogen and oxygen atoms in total. The van der Waals surface area contributed by atoms with Crippen molar-refractivity contribution in [2.24, 2.45) is 0 Å². The summed E-state index contributed by atoms with van der Waals surface area (Å²) < 4.78 is 5.70. The van der Waals surface area contributed by atoms with Gasteiger partial charge in [0.15, 0.2) is 0 Å². The summed E-state index contributed by atoms with van der Waals surface area (Å²) in [6, 6.07) is 5.92. The lowest BCUT2D eigenvalue weighted by atomic mass is 10.0. The molecule has 0 aliphatic carbocycles. The number of hydrogen-bond donors (Lipinski definition) is 1. The van der Waals surface area contributed by atoms with E-state index in [0.29, 0.717) is 0 Å². The Morgan fingerprint density at radius 3 is 2.83 bits per heavy atom. The molecule has 64 valence electrons. The Labute approximate surface area is 72.3 Å². The van der Waals surface area contributed by atoms with Gasteiger partial charge < -0.3 is 10.5 Å². The third kappa shape index (κ3) is 1.04. The SMILES string of the molecule is CC1(C)Cc2cccc(N)c2O1. The summed E-state index contributed by atoms with van der Waals surface area (Å²) in [7, 11) is 0. The summed E-state index contributed by atoms with van der Waals surface area (Å²) in [6.45, 7) is 4.15. The first-order valence-electron chi connectivity index (χ1n) is 4.15. The molecule has 1 aromatic rings. The van der Waals surface area contributed by atoms with Crippen molar-refractivity contribution in [2.75, 3.05) is 5.73 Å². The maximum atomic E-state index is 5.77. The van der Waals surface area contributed by atoms with Crippen LogP contribution in [0.4, 0.5) is 5.69 Å². The molecule has 1 heterocycles. The van der Waals surface area contributed by atoms with Gasteiger partial charge in [0, 0.05) is 12.0 Å². The standard InChI is InChI=1S/C10H13NO/c1-10(2)6-7-4-3-5-8(11)9(7)12-10/h3-5H,6,11H2,1-2H3. The van der Waals surface area contributed by atoms with E-state index in [2.05, 4.69) is 19.9 Å². The Morgan fingerprint density at radius 2 is 2.17 bits per heavy atom. The first-order chi connectivity index (χ1) is 5.58. The van der Waals surface area contributed by atoms with Crippen molar-refractivity contribution < 1.29 is 4.74 Å². The molecule has 0 radical (unpaired) electrons. The smallest absolute Gasteiger partial charge is 0.146 e. The van der Waals surface area contributed by atoms with Crippen LogP contribution in [0.3, 0.4) is 0 Å². The molecule has 0 amide bonds. The Balaban J connectivity index is 2.48. The average molecular weight is 163 g/mol. The molecular weight excluding hydrogens is 150 g/mol. The Morgan fingerprint density at radius 1 is 1.42 bits per heavy atom. The fourth-order valence-corrected chi connectivity index (χ4v) is 1.64. The van der Waals surface area contributed by atoms with Crippen LogP contribution >= 0.6 is 0 Å². The van der Waals surface area contributed by atoms with Crippen LogP contribution in [0.1, 0.15) is 19.4 Å². The van der Waals surface area contributed by atoms with Gasteiger partial charge in [-0.1, -0.05) is 12.1 Å². The number of hydrogen-bond acceptors (Lipinski definition) is 2. The lowest BCUT2D eigenvalue weighted by Crippen LogP contribution is -2.24. The molecule has 2 N–H and O–H groups in total. The molecule has 2 rings (SSSR count). The van der Waals surface area contributed by atoms with Gasteiger partial charge in [0.1, 0.15) is 11.4 Å². The Hall–Kier alpha value is -1.18. The fraction of sp³-hybridized carbons (Fsp3) is 0.400. The molecule has 1 aliphatic rings. The van der Waals surface area contributed by atoms with E-state index < -0.39 is 0 Å². The van der Waals surface area contributed by atoms with E-state index in [1.54, 1.807) is 0 Å². The van der Waals surface area contributed by atoms with Crippen LogP contribution in [0, 0.1) is 0 Å². The number of rotatable bonds is 0. The number of nitrogens with two attached hydrogens (primary N) is 1. The summed E-state index contributed by atoms with van der Waals surface area (Å²) >= 11 is 0. The molecule has 0 saturated heterocycles. The van der Waals surface area contributed by atoms with Gasteiger partial charge >= 0.3 is 0 Å². The first kappa shape index (κ1) is 7.47. The number of anilines is 1. The second-order valence-electron chi connectivity index (χ2n) is 3.87. The van der Waals surface area contributed by atoms with Crippen LogP contribution in [-0.2, 0) is 6.42 Å². The minimum absolute atomic E-state index is 0.0855. The van der Waals surface area contributed by atoms with Crippen LogP contribution in [0.5, 0.6) is 5.75 Å². The van der Waals surface area contributed by atoms with Gasteiger partial charge in [0.25, 0.3) is 0 Å². The number of para-hydroxylation sites is 1. The van der Waals surface area contributed by atoms with Crippen LogP contribution in [0.15, 0.2) is 18.2 Å². The molecular formula is C10H13NO. The molecule has 0 fully saturated rings. The molecule has 2 heteroatoms. The Bertz CT molecular complexity index is 318. The van der Waals surface area contributed by atoms with E-state index in [1.165, 1.54) is 5.56 Å². The molecule has 0 aromatic heterocycles. The van der Waals surface area contributed by atoms with Crippen LogP contribution in [-0.4, -0.2) is 5.60 Å². The number of benzene rings is 1. The highest BCUT2D eigenvalue weighted by atomic mass is 16.5. The quantitative estimate of drug-likeness (QED) is 0.593. The average Bonchev–Trinajstić information content (AvgIpc) is 2.25. The predicted octanol–water partition coefficient (Wildman–Crippen LogP) is 1.98. The van der Waals surface area contributed by atoms with Gasteiger partial charge in [0.05, 0.1) is 5.69 Å². The largest absolute Gasteiger partial charge is 0.485 e. The maximum absolute atomic E-state index is 5.77. The third-order valence-corrected chi connectivity index (χ3v) is 2.12. The zero-order chi connectivity index (χ0) is 8.77. The zero-order valence-electron chi connectivity index (χ0n) is 7.42. The van der Waals surface area contributed by atoms with Gasteiger partial charge in [0.2, 0.25) is 0 Å². The van der Waals surface area contributed by atoms with Crippen molar-refractivity contribution in [3.63, 3.8) is 0 Å². The fourth-order valence-electron chi connectivity index (χ4n) is 1.64. The van der Waals surface area contributed by atoms with E-state index in [-0.39, 0.29) is 5.60 Å².